The molecular formula is C20H35N5O10. The molecule has 0 aromatic heterocycles. The van der Waals surface area contributed by atoms with Gasteiger partial charge in [-0.15, -0.1) is 0 Å². The lowest BCUT2D eigenvalue weighted by molar-refractivity contribution is -0.140. The summed E-state index contributed by atoms with van der Waals surface area (Å²) < 4.78 is 0. The predicted molar refractivity (Wildman–Crippen MR) is 120 cm³/mol. The molecule has 0 aromatic rings. The topological polar surface area (TPSA) is 203 Å². The van der Waals surface area contributed by atoms with Crippen LogP contribution in [0.2, 0.25) is 0 Å². The average molecular weight is 506 g/mol. The van der Waals surface area contributed by atoms with Crippen LogP contribution in [0.5, 0.6) is 0 Å². The van der Waals surface area contributed by atoms with Gasteiger partial charge >= 0.3 is 29.8 Å². The largest absolute Gasteiger partial charge is 0.480 e. The number of hydrogen-bond acceptors (Lipinski definition) is 10. The fraction of sp³-hybridized carbons (Fsp3) is 0.750. The molecule has 0 spiro atoms. The van der Waals surface area contributed by atoms with E-state index in [1.807, 2.05) is 0 Å². The van der Waals surface area contributed by atoms with Crippen LogP contribution in [-0.2, 0) is 24.0 Å². The molecule has 1 rings (SSSR count). The molecule has 5 N–H and O–H groups in total. The molecule has 0 bridgehead atoms. The Hall–Kier alpha value is -2.85. The molecule has 0 aliphatic carbocycles. The summed E-state index contributed by atoms with van der Waals surface area (Å²) in [6.07, 6.45) is 0. The number of nitrogens with zero attached hydrogens (tertiary/aromatic N) is 5. The molecule has 1 fully saturated rings. The smallest absolute Gasteiger partial charge is 0.317 e. The average Bonchev–Trinajstić information content (AvgIpc) is 2.72. The van der Waals surface area contributed by atoms with Gasteiger partial charge in [0.2, 0.25) is 0 Å². The number of carboxylic acid groups (broad SMARTS) is 5. The molecule has 15 heteroatoms. The minimum atomic E-state index is -1.09. The highest BCUT2D eigenvalue weighted by molar-refractivity contribution is 5.70. The van der Waals surface area contributed by atoms with Crippen molar-refractivity contribution in [2.45, 2.75) is 0 Å². The van der Waals surface area contributed by atoms with Gasteiger partial charge in [0, 0.05) is 65.4 Å². The first-order chi connectivity index (χ1) is 16.4. The van der Waals surface area contributed by atoms with Crippen LogP contribution in [0.15, 0.2) is 0 Å². The van der Waals surface area contributed by atoms with E-state index in [1.165, 1.54) is 0 Å². The monoisotopic (exact) mass is 505 g/mol. The van der Waals surface area contributed by atoms with Gasteiger partial charge in [-0.2, -0.15) is 0 Å². The van der Waals surface area contributed by atoms with Crippen LogP contribution in [0.1, 0.15) is 0 Å². The van der Waals surface area contributed by atoms with Gasteiger partial charge in [-0.25, -0.2) is 0 Å². The van der Waals surface area contributed by atoms with E-state index in [1.54, 1.807) is 24.5 Å². The van der Waals surface area contributed by atoms with Gasteiger partial charge in [-0.05, 0) is 0 Å². The summed E-state index contributed by atoms with van der Waals surface area (Å²) in [5, 5.41) is 46.3. The van der Waals surface area contributed by atoms with Gasteiger partial charge < -0.3 is 25.5 Å². The Kier molecular flexibility index (Phi) is 13.7. The van der Waals surface area contributed by atoms with Crippen molar-refractivity contribution in [3.05, 3.63) is 0 Å². The van der Waals surface area contributed by atoms with Gasteiger partial charge in [-0.1, -0.05) is 0 Å². The summed E-state index contributed by atoms with van der Waals surface area (Å²) >= 11 is 0. The molecule has 1 aliphatic rings. The Balaban J connectivity index is 3.14. The van der Waals surface area contributed by atoms with Crippen molar-refractivity contribution in [1.29, 1.82) is 0 Å². The van der Waals surface area contributed by atoms with Crippen molar-refractivity contribution in [2.24, 2.45) is 0 Å². The molecule has 0 unspecified atom stereocenters. The summed E-state index contributed by atoms with van der Waals surface area (Å²) in [5.74, 6) is -5.43. The second-order valence-electron chi connectivity index (χ2n) is 8.35. The van der Waals surface area contributed by atoms with Crippen molar-refractivity contribution in [2.75, 3.05) is 98.2 Å². The van der Waals surface area contributed by atoms with E-state index >= 15 is 0 Å². The van der Waals surface area contributed by atoms with Crippen LogP contribution in [0.4, 0.5) is 0 Å². The zero-order chi connectivity index (χ0) is 26.4. The molecule has 1 heterocycles. The van der Waals surface area contributed by atoms with Crippen LogP contribution in [0.3, 0.4) is 0 Å². The van der Waals surface area contributed by atoms with Crippen LogP contribution in [0.25, 0.3) is 0 Å². The maximum atomic E-state index is 11.3. The normalized spacial score (nSPS) is 19.4. The Bertz CT molecular complexity index is 578. The lowest BCUT2D eigenvalue weighted by Crippen LogP contribution is -2.45. The van der Waals surface area contributed by atoms with Gasteiger partial charge in [0.05, 0.1) is 32.7 Å². The molecule has 15 nitrogen and oxygen atoms in total. The summed E-state index contributed by atoms with van der Waals surface area (Å²) in [6, 6.07) is 0. The third-order valence-electron chi connectivity index (χ3n) is 5.46. The van der Waals surface area contributed by atoms with E-state index in [2.05, 4.69) is 0 Å². The highest BCUT2D eigenvalue weighted by Gasteiger charge is 2.21. The zero-order valence-corrected chi connectivity index (χ0v) is 19.6. The predicted octanol–water partition coefficient (Wildman–Crippen LogP) is -3.07. The van der Waals surface area contributed by atoms with Crippen molar-refractivity contribution in [3.63, 3.8) is 0 Å². The molecule has 0 atom stereocenters. The molecule has 0 saturated carbocycles. The lowest BCUT2D eigenvalue weighted by atomic mass is 10.3. The summed E-state index contributed by atoms with van der Waals surface area (Å²) in [6.45, 7) is 0.522. The number of carboxylic acids is 5. The first-order valence-corrected chi connectivity index (χ1v) is 11.1. The van der Waals surface area contributed by atoms with Crippen molar-refractivity contribution < 1.29 is 49.5 Å². The van der Waals surface area contributed by atoms with Crippen molar-refractivity contribution >= 4 is 29.8 Å². The molecule has 1 aliphatic heterocycles. The fourth-order valence-electron chi connectivity index (χ4n) is 3.72. The SMILES string of the molecule is O=C(O)CN1CCN(CC(=O)O)CCN(CC(=O)O)CCN(CC(=O)O)CCN(CC(=O)O)CC1. The van der Waals surface area contributed by atoms with E-state index in [4.69, 9.17) is 0 Å². The number of carbonyl (C=O) groups is 5. The molecule has 1 saturated heterocycles. The first kappa shape index (κ1) is 30.2. The summed E-state index contributed by atoms with van der Waals surface area (Å²) in [7, 11) is 0. The Morgan fingerprint density at radius 3 is 0.543 bits per heavy atom. The van der Waals surface area contributed by atoms with Crippen LogP contribution in [-0.4, -0.2) is 178 Å². The maximum Gasteiger partial charge on any atom is 0.317 e. The van der Waals surface area contributed by atoms with E-state index in [-0.39, 0.29) is 98.2 Å². The lowest BCUT2D eigenvalue weighted by Gasteiger charge is -2.29. The van der Waals surface area contributed by atoms with Crippen molar-refractivity contribution in [1.82, 2.24) is 24.5 Å². The van der Waals surface area contributed by atoms with Crippen LogP contribution >= 0.6 is 0 Å². The minimum absolute atomic E-state index is 0.213. The summed E-state index contributed by atoms with van der Waals surface area (Å²) in [4.78, 5) is 64.5. The van der Waals surface area contributed by atoms with Crippen LogP contribution < -0.4 is 0 Å². The van der Waals surface area contributed by atoms with Gasteiger partial charge in [0.1, 0.15) is 0 Å². The minimum Gasteiger partial charge on any atom is -0.480 e. The highest BCUT2D eigenvalue weighted by Crippen LogP contribution is 2.02. The molecule has 35 heavy (non-hydrogen) atoms. The third kappa shape index (κ3) is 14.9. The number of hydrogen-bond donors (Lipinski definition) is 5. The fourth-order valence-corrected chi connectivity index (χ4v) is 3.72. The van der Waals surface area contributed by atoms with E-state index < -0.39 is 29.8 Å². The van der Waals surface area contributed by atoms with Crippen molar-refractivity contribution in [3.8, 4) is 0 Å². The Labute approximate surface area is 202 Å². The van der Waals surface area contributed by atoms with E-state index in [9.17, 15) is 49.5 Å². The van der Waals surface area contributed by atoms with Gasteiger partial charge in [-0.3, -0.25) is 48.5 Å². The number of rotatable bonds is 10. The van der Waals surface area contributed by atoms with Gasteiger partial charge in [0.25, 0.3) is 0 Å². The molecule has 0 aromatic carbocycles. The highest BCUT2D eigenvalue weighted by atomic mass is 16.4. The Morgan fingerprint density at radius 2 is 0.457 bits per heavy atom. The molecule has 0 radical (unpaired) electrons. The molecule has 0 amide bonds. The molecule has 200 valence electrons. The zero-order valence-electron chi connectivity index (χ0n) is 19.6. The second kappa shape index (κ2) is 15.9. The van der Waals surface area contributed by atoms with Gasteiger partial charge in [0.15, 0.2) is 0 Å². The Morgan fingerprint density at radius 1 is 0.343 bits per heavy atom. The standard InChI is InChI=1S/C20H35N5O10/c26-16(27)11-21-1-2-22(12-17(28)29)5-6-24(14-19(32)33)9-10-25(15-20(34)35)8-7-23(4-3-21)13-18(30)31/h1-15H2,(H,26,27)(H,28,29)(H,30,31)(H,32,33)(H,34,35). The summed E-state index contributed by atoms with van der Waals surface area (Å²) in [5.41, 5.74) is 0. The van der Waals surface area contributed by atoms with Crippen LogP contribution in [0, 0.1) is 0 Å². The second-order valence-corrected chi connectivity index (χ2v) is 8.35. The van der Waals surface area contributed by atoms with E-state index in [0.29, 0.717) is 0 Å². The maximum absolute atomic E-state index is 11.3. The molecular weight excluding hydrogens is 470 g/mol. The number of aliphatic carboxylic acids is 5. The third-order valence-corrected chi connectivity index (χ3v) is 5.46. The first-order valence-electron chi connectivity index (χ1n) is 11.1. The quantitative estimate of drug-likeness (QED) is 0.200. The van der Waals surface area contributed by atoms with E-state index in [0.717, 1.165) is 0 Å².